The Morgan fingerprint density at radius 2 is 1.80 bits per heavy atom. The first-order valence-electron chi connectivity index (χ1n) is 4.31. The summed E-state index contributed by atoms with van der Waals surface area (Å²) in [6, 6.07) is 4.77. The highest BCUT2D eigenvalue weighted by molar-refractivity contribution is 6.14. The number of nitrogens with zero attached hydrogens (tertiary/aromatic N) is 1. The van der Waals surface area contributed by atoms with E-state index in [0.29, 0.717) is 11.3 Å². The Bertz CT molecular complexity index is 394. The number of hydrogen-bond acceptors (Lipinski definition) is 2. The minimum atomic E-state index is -4.25. The van der Waals surface area contributed by atoms with Crippen molar-refractivity contribution in [2.45, 2.75) is 12.2 Å². The lowest BCUT2D eigenvalue weighted by Gasteiger charge is -2.03. The summed E-state index contributed by atoms with van der Waals surface area (Å²) in [5.74, 6) is 0.614. The third-order valence-electron chi connectivity index (χ3n) is 2.16. The van der Waals surface area contributed by atoms with E-state index >= 15 is 0 Å². The molecule has 15 heavy (non-hydrogen) atoms. The van der Waals surface area contributed by atoms with Crippen LogP contribution in [0.15, 0.2) is 29.3 Å². The summed E-state index contributed by atoms with van der Waals surface area (Å²) >= 11 is 0. The number of methoxy groups -OCH3 is 1. The van der Waals surface area contributed by atoms with E-state index in [9.17, 15) is 13.2 Å². The van der Waals surface area contributed by atoms with E-state index in [0.717, 1.165) is 0 Å². The lowest BCUT2D eigenvalue weighted by molar-refractivity contribution is -0.124. The normalized spacial score (nSPS) is 19.7. The van der Waals surface area contributed by atoms with Gasteiger partial charge in [0.15, 0.2) is 6.04 Å². The molecule has 0 N–H and O–H groups in total. The van der Waals surface area contributed by atoms with Crippen molar-refractivity contribution in [1.82, 2.24) is 0 Å². The number of rotatable bonds is 2. The molecule has 0 spiro atoms. The van der Waals surface area contributed by atoms with Gasteiger partial charge in [-0.25, -0.2) is 0 Å². The SMILES string of the molecule is COc1ccc(C2=NC2C(F)(F)F)cc1. The zero-order chi connectivity index (χ0) is 11.1. The predicted octanol–water partition coefficient (Wildman–Crippen LogP) is 2.43. The largest absolute Gasteiger partial charge is 0.497 e. The van der Waals surface area contributed by atoms with Crippen LogP contribution in [0.25, 0.3) is 0 Å². The molecule has 0 saturated heterocycles. The number of halogens is 3. The monoisotopic (exact) mass is 215 g/mol. The molecule has 0 bridgehead atoms. The van der Waals surface area contributed by atoms with Crippen LogP contribution >= 0.6 is 0 Å². The minimum absolute atomic E-state index is 0.102. The third kappa shape index (κ3) is 1.95. The first kappa shape index (κ1) is 10.0. The first-order valence-corrected chi connectivity index (χ1v) is 4.31. The zero-order valence-corrected chi connectivity index (χ0v) is 7.88. The van der Waals surface area contributed by atoms with Gasteiger partial charge in [-0.2, -0.15) is 13.2 Å². The Morgan fingerprint density at radius 3 is 2.20 bits per heavy atom. The second-order valence-electron chi connectivity index (χ2n) is 3.19. The van der Waals surface area contributed by atoms with Crippen molar-refractivity contribution < 1.29 is 17.9 Å². The lowest BCUT2D eigenvalue weighted by atomic mass is 10.1. The smallest absolute Gasteiger partial charge is 0.416 e. The van der Waals surface area contributed by atoms with E-state index in [1.807, 2.05) is 0 Å². The predicted molar refractivity (Wildman–Crippen MR) is 49.4 cm³/mol. The van der Waals surface area contributed by atoms with E-state index in [1.165, 1.54) is 7.11 Å². The lowest BCUT2D eigenvalue weighted by Crippen LogP contribution is -2.21. The van der Waals surface area contributed by atoms with Crippen LogP contribution in [0, 0.1) is 0 Å². The van der Waals surface area contributed by atoms with Crippen LogP contribution < -0.4 is 4.74 Å². The van der Waals surface area contributed by atoms with E-state index in [-0.39, 0.29) is 5.71 Å². The Morgan fingerprint density at radius 1 is 1.20 bits per heavy atom. The topological polar surface area (TPSA) is 21.6 Å². The summed E-state index contributed by atoms with van der Waals surface area (Å²) in [6.07, 6.45) is -4.25. The molecule has 0 saturated carbocycles. The highest BCUT2D eigenvalue weighted by atomic mass is 19.4. The van der Waals surface area contributed by atoms with E-state index in [1.54, 1.807) is 24.3 Å². The fourth-order valence-corrected chi connectivity index (χ4v) is 1.32. The van der Waals surface area contributed by atoms with Gasteiger partial charge in [0.05, 0.1) is 12.8 Å². The molecule has 1 aromatic rings. The van der Waals surface area contributed by atoms with Gasteiger partial charge in [0.2, 0.25) is 0 Å². The molecule has 5 heteroatoms. The number of aliphatic imine (C=N–C) groups is 1. The summed E-state index contributed by atoms with van der Waals surface area (Å²) in [7, 11) is 1.50. The fraction of sp³-hybridized carbons (Fsp3) is 0.300. The van der Waals surface area contributed by atoms with Gasteiger partial charge >= 0.3 is 6.18 Å². The van der Waals surface area contributed by atoms with Crippen molar-refractivity contribution in [2.75, 3.05) is 7.11 Å². The molecule has 1 aromatic carbocycles. The third-order valence-corrected chi connectivity index (χ3v) is 2.16. The standard InChI is InChI=1S/C10H8F3NO/c1-15-7-4-2-6(3-5-7)8-9(14-8)10(11,12)13/h2-5,9H,1H3. The Balaban J connectivity index is 2.11. The van der Waals surface area contributed by atoms with Crippen LogP contribution in [0.5, 0.6) is 5.75 Å². The summed E-state index contributed by atoms with van der Waals surface area (Å²) in [5, 5.41) is 0. The summed E-state index contributed by atoms with van der Waals surface area (Å²) in [6.45, 7) is 0. The van der Waals surface area contributed by atoms with Gasteiger partial charge in [-0.1, -0.05) is 0 Å². The molecule has 0 aromatic heterocycles. The van der Waals surface area contributed by atoms with Crippen molar-refractivity contribution in [3.63, 3.8) is 0 Å². The van der Waals surface area contributed by atoms with Crippen molar-refractivity contribution in [1.29, 1.82) is 0 Å². The van der Waals surface area contributed by atoms with Crippen molar-refractivity contribution >= 4 is 5.71 Å². The molecular formula is C10H8F3NO. The summed E-state index contributed by atoms with van der Waals surface area (Å²) in [4.78, 5) is 3.40. The summed E-state index contributed by atoms with van der Waals surface area (Å²) in [5.41, 5.74) is 0.600. The van der Waals surface area contributed by atoms with Crippen molar-refractivity contribution in [2.24, 2.45) is 4.99 Å². The second kappa shape index (κ2) is 3.25. The molecule has 2 nitrogen and oxygen atoms in total. The maximum absolute atomic E-state index is 12.2. The molecule has 0 amide bonds. The first-order chi connectivity index (χ1) is 7.02. The van der Waals surface area contributed by atoms with Gasteiger partial charge in [-0.05, 0) is 29.8 Å². The number of hydrogen-bond donors (Lipinski definition) is 0. The van der Waals surface area contributed by atoms with Crippen LogP contribution in [0.1, 0.15) is 5.56 Å². The van der Waals surface area contributed by atoms with Crippen LogP contribution in [-0.4, -0.2) is 25.0 Å². The molecule has 1 heterocycles. The molecular weight excluding hydrogens is 207 g/mol. The molecule has 1 aliphatic heterocycles. The van der Waals surface area contributed by atoms with Gasteiger partial charge in [0.1, 0.15) is 5.75 Å². The molecule has 0 aliphatic carbocycles. The Kier molecular flexibility index (Phi) is 2.17. The quantitative estimate of drug-likeness (QED) is 0.742. The van der Waals surface area contributed by atoms with Crippen LogP contribution in [0.3, 0.4) is 0 Å². The Labute approximate surface area is 84.4 Å². The van der Waals surface area contributed by atoms with Crippen LogP contribution in [0.4, 0.5) is 13.2 Å². The average Bonchev–Trinajstić information content (AvgIpc) is 2.97. The van der Waals surface area contributed by atoms with Gasteiger partial charge in [0.25, 0.3) is 0 Å². The average molecular weight is 215 g/mol. The highest BCUT2D eigenvalue weighted by Crippen LogP contribution is 2.35. The zero-order valence-electron chi connectivity index (χ0n) is 7.88. The van der Waals surface area contributed by atoms with Crippen molar-refractivity contribution in [3.8, 4) is 5.75 Å². The number of benzene rings is 1. The maximum atomic E-state index is 12.2. The van der Waals surface area contributed by atoms with Gasteiger partial charge < -0.3 is 4.74 Å². The van der Waals surface area contributed by atoms with E-state index in [2.05, 4.69) is 4.99 Å². The van der Waals surface area contributed by atoms with Gasteiger partial charge in [0, 0.05) is 0 Å². The molecule has 0 radical (unpaired) electrons. The second-order valence-corrected chi connectivity index (χ2v) is 3.19. The molecule has 0 fully saturated rings. The Hall–Kier alpha value is -1.52. The van der Waals surface area contributed by atoms with Crippen LogP contribution in [-0.2, 0) is 0 Å². The summed E-state index contributed by atoms with van der Waals surface area (Å²) < 4.78 is 41.4. The fourth-order valence-electron chi connectivity index (χ4n) is 1.32. The molecule has 1 atom stereocenters. The van der Waals surface area contributed by atoms with E-state index in [4.69, 9.17) is 4.74 Å². The number of alkyl halides is 3. The molecule has 1 aliphatic rings. The van der Waals surface area contributed by atoms with Crippen molar-refractivity contribution in [3.05, 3.63) is 29.8 Å². The van der Waals surface area contributed by atoms with E-state index < -0.39 is 12.2 Å². The highest BCUT2D eigenvalue weighted by Gasteiger charge is 2.51. The van der Waals surface area contributed by atoms with Crippen LogP contribution in [0.2, 0.25) is 0 Å². The minimum Gasteiger partial charge on any atom is -0.497 e. The molecule has 2 rings (SSSR count). The molecule has 1 unspecified atom stereocenters. The molecule has 80 valence electrons. The van der Waals surface area contributed by atoms with Gasteiger partial charge in [-0.15, -0.1) is 0 Å². The maximum Gasteiger partial charge on any atom is 0.416 e. The number of ether oxygens (including phenoxy) is 1. The van der Waals surface area contributed by atoms with Gasteiger partial charge in [-0.3, -0.25) is 4.99 Å².